The van der Waals surface area contributed by atoms with Gasteiger partial charge < -0.3 is 9.64 Å². The van der Waals surface area contributed by atoms with Crippen molar-refractivity contribution in [1.29, 1.82) is 0 Å². The van der Waals surface area contributed by atoms with Gasteiger partial charge in [-0.15, -0.1) is 0 Å². The average molecular weight is 368 g/mol. The largest absolute Gasteiger partial charge is 0.452 e. The lowest BCUT2D eigenvalue weighted by molar-refractivity contribution is -0.131. The summed E-state index contributed by atoms with van der Waals surface area (Å²) in [5.74, 6) is -0.989. The molecule has 0 bridgehead atoms. The minimum Gasteiger partial charge on any atom is -0.452 e. The Balaban J connectivity index is 2.08. The third-order valence-corrected chi connectivity index (χ3v) is 6.29. The van der Waals surface area contributed by atoms with Crippen molar-refractivity contribution < 1.29 is 22.7 Å². The summed E-state index contributed by atoms with van der Waals surface area (Å²) < 4.78 is 31.9. The van der Waals surface area contributed by atoms with Gasteiger partial charge in [0.15, 0.2) is 6.61 Å². The van der Waals surface area contributed by atoms with E-state index >= 15 is 0 Å². The molecule has 2 rings (SSSR count). The van der Waals surface area contributed by atoms with E-state index in [4.69, 9.17) is 4.74 Å². The van der Waals surface area contributed by atoms with Gasteiger partial charge in [-0.2, -0.15) is 4.31 Å². The first-order valence-electron chi connectivity index (χ1n) is 8.22. The van der Waals surface area contributed by atoms with Crippen molar-refractivity contribution in [3.63, 3.8) is 0 Å². The Kier molecular flexibility index (Phi) is 6.18. The maximum atomic E-state index is 12.7. The van der Waals surface area contributed by atoms with Crippen LogP contribution in [0.15, 0.2) is 29.2 Å². The number of rotatable bonds is 5. The first-order chi connectivity index (χ1) is 11.7. The van der Waals surface area contributed by atoms with Crippen LogP contribution in [0.4, 0.5) is 0 Å². The SMILES string of the molecule is C[C@@H]1CCCCN1S(=O)(=O)c1ccc(C(=O)OCC(=O)N(C)C)cc1. The van der Waals surface area contributed by atoms with Gasteiger partial charge in [0.2, 0.25) is 10.0 Å². The van der Waals surface area contributed by atoms with Crippen LogP contribution in [-0.4, -0.2) is 62.8 Å². The minimum atomic E-state index is -3.57. The smallest absolute Gasteiger partial charge is 0.338 e. The van der Waals surface area contributed by atoms with Crippen molar-refractivity contribution in [3.05, 3.63) is 29.8 Å². The molecule has 1 aliphatic rings. The standard InChI is InChI=1S/C17H24N2O5S/c1-13-6-4-5-11-19(13)25(22,23)15-9-7-14(8-10-15)17(21)24-12-16(20)18(2)3/h7-10,13H,4-6,11-12H2,1-3H3/t13-/m1/s1. The van der Waals surface area contributed by atoms with Crippen molar-refractivity contribution >= 4 is 21.9 Å². The van der Waals surface area contributed by atoms with E-state index in [-0.39, 0.29) is 29.0 Å². The van der Waals surface area contributed by atoms with Gasteiger partial charge in [0, 0.05) is 26.7 Å². The molecule has 0 aliphatic carbocycles. The molecule has 1 aliphatic heterocycles. The van der Waals surface area contributed by atoms with Crippen LogP contribution >= 0.6 is 0 Å². The number of sulfonamides is 1. The van der Waals surface area contributed by atoms with Gasteiger partial charge >= 0.3 is 5.97 Å². The quantitative estimate of drug-likeness (QED) is 0.736. The van der Waals surface area contributed by atoms with Gasteiger partial charge in [-0.05, 0) is 44.0 Å². The molecule has 1 heterocycles. The lowest BCUT2D eigenvalue weighted by atomic mass is 10.1. The molecular formula is C17H24N2O5S. The van der Waals surface area contributed by atoms with Crippen molar-refractivity contribution in [2.45, 2.75) is 37.1 Å². The third-order valence-electron chi connectivity index (χ3n) is 4.26. The Morgan fingerprint density at radius 2 is 1.84 bits per heavy atom. The van der Waals surface area contributed by atoms with Gasteiger partial charge in [-0.25, -0.2) is 13.2 Å². The predicted molar refractivity (Wildman–Crippen MR) is 92.6 cm³/mol. The van der Waals surface area contributed by atoms with Crippen molar-refractivity contribution in [1.82, 2.24) is 9.21 Å². The number of nitrogens with zero attached hydrogens (tertiary/aromatic N) is 2. The van der Waals surface area contributed by atoms with Crippen LogP contribution in [0.25, 0.3) is 0 Å². The summed E-state index contributed by atoms with van der Waals surface area (Å²) in [4.78, 5) is 24.8. The molecule has 1 aromatic rings. The van der Waals surface area contributed by atoms with Crippen molar-refractivity contribution in [2.75, 3.05) is 27.2 Å². The summed E-state index contributed by atoms with van der Waals surface area (Å²) in [6.45, 7) is 2.07. The summed E-state index contributed by atoms with van der Waals surface area (Å²) in [6.07, 6.45) is 2.74. The van der Waals surface area contributed by atoms with Crippen LogP contribution in [0.2, 0.25) is 0 Å². The second-order valence-electron chi connectivity index (χ2n) is 6.35. The van der Waals surface area contributed by atoms with E-state index in [9.17, 15) is 18.0 Å². The van der Waals surface area contributed by atoms with Crippen LogP contribution < -0.4 is 0 Å². The highest BCUT2D eigenvalue weighted by atomic mass is 32.2. The topological polar surface area (TPSA) is 84.0 Å². The van der Waals surface area contributed by atoms with Crippen LogP contribution in [0.3, 0.4) is 0 Å². The Bertz CT molecular complexity index is 728. The number of carbonyl (C=O) groups is 2. The first kappa shape index (κ1) is 19.4. The predicted octanol–water partition coefficient (Wildman–Crippen LogP) is 1.49. The number of amides is 1. The summed E-state index contributed by atoms with van der Waals surface area (Å²) in [5.41, 5.74) is 0.206. The third kappa shape index (κ3) is 4.58. The zero-order chi connectivity index (χ0) is 18.6. The molecule has 7 nitrogen and oxygen atoms in total. The lowest BCUT2D eigenvalue weighted by Gasteiger charge is -2.32. The number of hydrogen-bond acceptors (Lipinski definition) is 5. The maximum Gasteiger partial charge on any atom is 0.338 e. The van der Waals surface area contributed by atoms with Crippen LogP contribution in [0.5, 0.6) is 0 Å². The molecular weight excluding hydrogens is 344 g/mol. The number of ether oxygens (including phenoxy) is 1. The summed E-state index contributed by atoms with van der Waals surface area (Å²) >= 11 is 0. The Morgan fingerprint density at radius 1 is 1.20 bits per heavy atom. The lowest BCUT2D eigenvalue weighted by Crippen LogP contribution is -2.41. The van der Waals surface area contributed by atoms with Crippen molar-refractivity contribution in [2.24, 2.45) is 0 Å². The van der Waals surface area contributed by atoms with E-state index in [1.54, 1.807) is 14.1 Å². The monoisotopic (exact) mass is 368 g/mol. The van der Waals surface area contributed by atoms with E-state index in [0.29, 0.717) is 6.54 Å². The zero-order valence-corrected chi connectivity index (χ0v) is 15.6. The highest BCUT2D eigenvalue weighted by Gasteiger charge is 2.30. The molecule has 1 fully saturated rings. The maximum absolute atomic E-state index is 12.7. The van der Waals surface area contributed by atoms with Crippen LogP contribution in [0, 0.1) is 0 Å². The van der Waals surface area contributed by atoms with Gasteiger partial charge in [-0.1, -0.05) is 6.42 Å². The molecule has 0 spiro atoms. The Hall–Kier alpha value is -1.93. The Morgan fingerprint density at radius 3 is 2.40 bits per heavy atom. The zero-order valence-electron chi connectivity index (χ0n) is 14.8. The summed E-state index contributed by atoms with van der Waals surface area (Å²) in [5, 5.41) is 0. The van der Waals surface area contributed by atoms with E-state index in [1.165, 1.54) is 33.5 Å². The van der Waals surface area contributed by atoms with Crippen LogP contribution in [-0.2, 0) is 19.6 Å². The number of likely N-dealkylation sites (N-methyl/N-ethyl adjacent to an activating group) is 1. The molecule has 0 saturated carbocycles. The fraction of sp³-hybridized carbons (Fsp3) is 0.529. The molecule has 1 aromatic carbocycles. The minimum absolute atomic E-state index is 0.0274. The average Bonchev–Trinajstić information content (AvgIpc) is 2.59. The molecule has 138 valence electrons. The number of benzene rings is 1. The summed E-state index contributed by atoms with van der Waals surface area (Å²) in [7, 11) is -0.436. The van der Waals surface area contributed by atoms with Gasteiger partial charge in [-0.3, -0.25) is 4.79 Å². The molecule has 1 atom stereocenters. The molecule has 1 saturated heterocycles. The molecule has 1 amide bonds. The number of carbonyl (C=O) groups excluding carboxylic acids is 2. The molecule has 0 unspecified atom stereocenters. The van der Waals surface area contributed by atoms with Gasteiger partial charge in [0.25, 0.3) is 5.91 Å². The molecule has 0 aromatic heterocycles. The highest BCUT2D eigenvalue weighted by molar-refractivity contribution is 7.89. The molecule has 8 heteroatoms. The number of esters is 1. The second-order valence-corrected chi connectivity index (χ2v) is 8.24. The fourth-order valence-electron chi connectivity index (χ4n) is 2.67. The number of hydrogen-bond donors (Lipinski definition) is 0. The van der Waals surface area contributed by atoms with E-state index in [1.807, 2.05) is 6.92 Å². The van der Waals surface area contributed by atoms with E-state index in [0.717, 1.165) is 19.3 Å². The molecule has 0 radical (unpaired) electrons. The van der Waals surface area contributed by atoms with E-state index < -0.39 is 16.0 Å². The fourth-order valence-corrected chi connectivity index (χ4v) is 4.37. The molecule has 0 N–H and O–H groups in total. The second kappa shape index (κ2) is 7.97. The number of piperidine rings is 1. The molecule has 25 heavy (non-hydrogen) atoms. The first-order valence-corrected chi connectivity index (χ1v) is 9.66. The van der Waals surface area contributed by atoms with Gasteiger partial charge in [0.05, 0.1) is 10.5 Å². The summed E-state index contributed by atoms with van der Waals surface area (Å²) in [6, 6.07) is 5.59. The van der Waals surface area contributed by atoms with Gasteiger partial charge in [0.1, 0.15) is 0 Å². The van der Waals surface area contributed by atoms with Crippen LogP contribution in [0.1, 0.15) is 36.5 Å². The Labute approximate surface area is 148 Å². The van der Waals surface area contributed by atoms with E-state index in [2.05, 4.69) is 0 Å². The highest BCUT2D eigenvalue weighted by Crippen LogP contribution is 2.25. The van der Waals surface area contributed by atoms with Crippen molar-refractivity contribution in [3.8, 4) is 0 Å². The normalized spacial score (nSPS) is 18.6.